The van der Waals surface area contributed by atoms with E-state index < -0.39 is 24.0 Å². The number of hydrogen-bond donors (Lipinski definition) is 0. The molecule has 6 heteroatoms. The highest BCUT2D eigenvalue weighted by Gasteiger charge is 2.21. The van der Waals surface area contributed by atoms with Crippen LogP contribution >= 0.6 is 0 Å². The first kappa shape index (κ1) is 14.6. The molecule has 1 unspecified atom stereocenters. The normalized spacial score (nSPS) is 11.7. The molecule has 0 aliphatic rings. The van der Waals surface area contributed by atoms with Crippen LogP contribution in [0.1, 0.15) is 26.7 Å². The third kappa shape index (κ3) is 6.13. The Morgan fingerprint density at radius 3 is 2.31 bits per heavy atom. The maximum absolute atomic E-state index is 11.2. The maximum atomic E-state index is 11.2. The van der Waals surface area contributed by atoms with E-state index in [1.165, 1.54) is 14.0 Å². The molecule has 0 heterocycles. The van der Waals surface area contributed by atoms with Crippen molar-refractivity contribution < 1.29 is 28.6 Å². The predicted molar refractivity (Wildman–Crippen MR) is 53.4 cm³/mol. The van der Waals surface area contributed by atoms with Gasteiger partial charge in [0.2, 0.25) is 0 Å². The molecule has 0 saturated heterocycles. The molecular weight excluding hydrogens is 216 g/mol. The number of methoxy groups -OCH3 is 1. The minimum absolute atomic E-state index is 0.157. The van der Waals surface area contributed by atoms with Gasteiger partial charge >= 0.3 is 17.9 Å². The number of carbonyl (C=O) groups is 3. The first-order valence-corrected chi connectivity index (χ1v) is 4.94. The Hall–Kier alpha value is -1.43. The number of ether oxygens (including phenoxy) is 3. The Bertz CT molecular complexity index is 260. The molecule has 0 N–H and O–H groups in total. The van der Waals surface area contributed by atoms with Crippen molar-refractivity contribution in [2.45, 2.75) is 32.8 Å². The van der Waals surface area contributed by atoms with Gasteiger partial charge in [-0.05, 0) is 13.3 Å². The van der Waals surface area contributed by atoms with Gasteiger partial charge in [0.25, 0.3) is 0 Å². The highest BCUT2D eigenvalue weighted by Crippen LogP contribution is 1.99. The summed E-state index contributed by atoms with van der Waals surface area (Å²) < 4.78 is 13.6. The van der Waals surface area contributed by atoms with Crippen LogP contribution in [-0.2, 0) is 28.6 Å². The van der Waals surface area contributed by atoms with Crippen LogP contribution in [0.4, 0.5) is 0 Å². The van der Waals surface area contributed by atoms with E-state index in [4.69, 9.17) is 0 Å². The van der Waals surface area contributed by atoms with Crippen LogP contribution in [-0.4, -0.2) is 37.7 Å². The van der Waals surface area contributed by atoms with Gasteiger partial charge in [0.1, 0.15) is 6.61 Å². The van der Waals surface area contributed by atoms with Gasteiger partial charge in [0.05, 0.1) is 0 Å². The summed E-state index contributed by atoms with van der Waals surface area (Å²) >= 11 is 0. The molecule has 0 bridgehead atoms. The second-order valence-corrected chi connectivity index (χ2v) is 3.11. The van der Waals surface area contributed by atoms with Crippen molar-refractivity contribution >= 4 is 17.9 Å². The van der Waals surface area contributed by atoms with E-state index in [-0.39, 0.29) is 13.0 Å². The second-order valence-electron chi connectivity index (χ2n) is 3.11. The third-order valence-electron chi connectivity index (χ3n) is 1.57. The van der Waals surface area contributed by atoms with Gasteiger partial charge < -0.3 is 14.2 Å². The molecule has 0 amide bonds. The average Bonchev–Trinajstić information content (AvgIpc) is 2.17. The Labute approximate surface area is 93.8 Å². The lowest BCUT2D eigenvalue weighted by Crippen LogP contribution is -2.29. The topological polar surface area (TPSA) is 78.9 Å². The molecule has 0 rings (SSSR count). The molecule has 0 aromatic rings. The van der Waals surface area contributed by atoms with Gasteiger partial charge in [-0.15, -0.1) is 0 Å². The lowest BCUT2D eigenvalue weighted by molar-refractivity contribution is -0.174. The molecule has 0 aliphatic heterocycles. The minimum Gasteiger partial charge on any atom is -0.449 e. The molecule has 0 aromatic heterocycles. The first-order chi connectivity index (χ1) is 7.51. The zero-order valence-corrected chi connectivity index (χ0v) is 9.65. The molecule has 0 aliphatic carbocycles. The number of carbonyl (C=O) groups excluding carboxylic acids is 3. The van der Waals surface area contributed by atoms with E-state index in [0.717, 1.165) is 0 Å². The molecule has 0 fully saturated rings. The van der Waals surface area contributed by atoms with Crippen molar-refractivity contribution in [1.29, 1.82) is 0 Å². The van der Waals surface area contributed by atoms with Crippen LogP contribution < -0.4 is 0 Å². The monoisotopic (exact) mass is 232 g/mol. The number of rotatable bonds is 6. The SMILES string of the molecule is CCCC(=O)OC(=O)C(C)OC(=O)COC. The van der Waals surface area contributed by atoms with Crippen molar-refractivity contribution in [3.05, 3.63) is 0 Å². The Balaban J connectivity index is 3.99. The summed E-state index contributed by atoms with van der Waals surface area (Å²) in [6.45, 7) is 2.86. The number of hydrogen-bond acceptors (Lipinski definition) is 6. The van der Waals surface area contributed by atoms with Gasteiger partial charge in [0, 0.05) is 13.5 Å². The van der Waals surface area contributed by atoms with Crippen LogP contribution in [0, 0.1) is 0 Å². The summed E-state index contributed by atoms with van der Waals surface area (Å²) in [5, 5.41) is 0. The van der Waals surface area contributed by atoms with Crippen molar-refractivity contribution in [2.24, 2.45) is 0 Å². The highest BCUT2D eigenvalue weighted by atomic mass is 16.6. The molecule has 0 radical (unpaired) electrons. The van der Waals surface area contributed by atoms with E-state index in [1.807, 2.05) is 0 Å². The summed E-state index contributed by atoms with van der Waals surface area (Å²) in [5.74, 6) is -2.18. The fraction of sp³-hybridized carbons (Fsp3) is 0.700. The van der Waals surface area contributed by atoms with E-state index in [2.05, 4.69) is 14.2 Å². The van der Waals surface area contributed by atoms with Crippen molar-refractivity contribution in [3.63, 3.8) is 0 Å². The van der Waals surface area contributed by atoms with Gasteiger partial charge in [0.15, 0.2) is 6.10 Å². The molecular formula is C10H16O6. The summed E-state index contributed by atoms with van der Waals surface area (Å²) in [6, 6.07) is 0. The highest BCUT2D eigenvalue weighted by molar-refractivity contribution is 5.88. The van der Waals surface area contributed by atoms with Crippen molar-refractivity contribution in [3.8, 4) is 0 Å². The van der Waals surface area contributed by atoms with Crippen LogP contribution in [0.5, 0.6) is 0 Å². The van der Waals surface area contributed by atoms with Crippen LogP contribution in [0.25, 0.3) is 0 Å². The molecule has 0 aromatic carbocycles. The van der Waals surface area contributed by atoms with E-state index in [1.54, 1.807) is 6.92 Å². The Morgan fingerprint density at radius 2 is 1.81 bits per heavy atom. The Morgan fingerprint density at radius 1 is 1.19 bits per heavy atom. The molecule has 0 saturated carbocycles. The quantitative estimate of drug-likeness (QED) is 0.488. The summed E-state index contributed by atoms with van der Waals surface area (Å²) in [7, 11) is 1.33. The average molecular weight is 232 g/mol. The van der Waals surface area contributed by atoms with Gasteiger partial charge in [-0.2, -0.15) is 0 Å². The largest absolute Gasteiger partial charge is 0.449 e. The van der Waals surface area contributed by atoms with Crippen LogP contribution in [0.15, 0.2) is 0 Å². The lowest BCUT2D eigenvalue weighted by Gasteiger charge is -2.11. The molecule has 0 spiro atoms. The summed E-state index contributed by atoms with van der Waals surface area (Å²) in [4.78, 5) is 33.1. The fourth-order valence-corrected chi connectivity index (χ4v) is 0.847. The first-order valence-electron chi connectivity index (χ1n) is 4.94. The van der Waals surface area contributed by atoms with Crippen molar-refractivity contribution in [2.75, 3.05) is 13.7 Å². The molecule has 1 atom stereocenters. The number of esters is 3. The zero-order chi connectivity index (χ0) is 12.6. The minimum atomic E-state index is -1.11. The molecule has 16 heavy (non-hydrogen) atoms. The molecule has 6 nitrogen and oxygen atoms in total. The van der Waals surface area contributed by atoms with E-state index in [0.29, 0.717) is 6.42 Å². The zero-order valence-electron chi connectivity index (χ0n) is 9.65. The summed E-state index contributed by atoms with van der Waals surface area (Å²) in [6.07, 6.45) is -0.363. The third-order valence-corrected chi connectivity index (χ3v) is 1.57. The Kier molecular flexibility index (Phi) is 7.11. The second kappa shape index (κ2) is 7.81. The van der Waals surface area contributed by atoms with E-state index >= 15 is 0 Å². The lowest BCUT2D eigenvalue weighted by atomic mass is 10.3. The standard InChI is InChI=1S/C10H16O6/c1-4-5-8(11)16-10(13)7(2)15-9(12)6-14-3/h7H,4-6H2,1-3H3. The molecule has 92 valence electrons. The maximum Gasteiger partial charge on any atom is 0.354 e. The fourth-order valence-electron chi connectivity index (χ4n) is 0.847. The van der Waals surface area contributed by atoms with Crippen LogP contribution in [0.2, 0.25) is 0 Å². The van der Waals surface area contributed by atoms with Crippen LogP contribution in [0.3, 0.4) is 0 Å². The van der Waals surface area contributed by atoms with Gasteiger partial charge in [-0.25, -0.2) is 9.59 Å². The summed E-state index contributed by atoms with van der Waals surface area (Å²) in [5.41, 5.74) is 0. The van der Waals surface area contributed by atoms with E-state index in [9.17, 15) is 14.4 Å². The smallest absolute Gasteiger partial charge is 0.354 e. The van der Waals surface area contributed by atoms with Gasteiger partial charge in [-0.3, -0.25) is 4.79 Å². The predicted octanol–water partition coefficient (Wildman–Crippen LogP) is 0.434. The van der Waals surface area contributed by atoms with Crippen molar-refractivity contribution in [1.82, 2.24) is 0 Å². The van der Waals surface area contributed by atoms with Gasteiger partial charge in [-0.1, -0.05) is 6.92 Å².